The van der Waals surface area contributed by atoms with Gasteiger partial charge < -0.3 is 15.5 Å². The van der Waals surface area contributed by atoms with Gasteiger partial charge in [0, 0.05) is 24.5 Å². The maximum atomic E-state index is 10.8. The summed E-state index contributed by atoms with van der Waals surface area (Å²) in [5.41, 5.74) is 6.24. The summed E-state index contributed by atoms with van der Waals surface area (Å²) in [5, 5.41) is 22.4. The number of benzene rings is 1. The van der Waals surface area contributed by atoms with Crippen molar-refractivity contribution in [3.8, 4) is 5.69 Å². The van der Waals surface area contributed by atoms with Crippen LogP contribution in [0, 0.1) is 17.0 Å². The number of nitrogens with zero attached hydrogens (tertiary/aromatic N) is 4. The van der Waals surface area contributed by atoms with Crippen LogP contribution in [0.15, 0.2) is 35.7 Å². The van der Waals surface area contributed by atoms with E-state index in [1.165, 1.54) is 18.2 Å². The largest absolute Gasteiger partial charge is 0.409 e. The minimum atomic E-state index is -0.543. The average molecular weight is 261 g/mol. The highest BCUT2D eigenvalue weighted by Gasteiger charge is 2.16. The normalized spacial score (nSPS) is 11.5. The number of aryl methyl sites for hydroxylation is 1. The van der Waals surface area contributed by atoms with Crippen molar-refractivity contribution < 1.29 is 10.1 Å². The van der Waals surface area contributed by atoms with E-state index in [1.54, 1.807) is 23.9 Å². The second-order valence-electron chi connectivity index (χ2n) is 3.79. The molecule has 8 heteroatoms. The van der Waals surface area contributed by atoms with Crippen molar-refractivity contribution in [3.05, 3.63) is 52.1 Å². The molecule has 0 bridgehead atoms. The Balaban J connectivity index is 2.68. The number of imidazole rings is 1. The third-order valence-electron chi connectivity index (χ3n) is 2.66. The quantitative estimate of drug-likeness (QED) is 0.282. The number of amidine groups is 1. The first-order valence-corrected chi connectivity index (χ1v) is 5.31. The summed E-state index contributed by atoms with van der Waals surface area (Å²) in [7, 11) is 0. The van der Waals surface area contributed by atoms with Crippen molar-refractivity contribution >= 4 is 11.5 Å². The molecule has 1 heterocycles. The molecule has 1 aromatic heterocycles. The lowest BCUT2D eigenvalue weighted by molar-refractivity contribution is -0.384. The molecule has 1 aromatic carbocycles. The number of rotatable bonds is 3. The van der Waals surface area contributed by atoms with Gasteiger partial charge in [-0.3, -0.25) is 10.1 Å². The van der Waals surface area contributed by atoms with E-state index in [1.807, 2.05) is 0 Å². The topological polar surface area (TPSA) is 120 Å². The molecule has 0 unspecified atom stereocenters. The van der Waals surface area contributed by atoms with Crippen molar-refractivity contribution in [1.29, 1.82) is 0 Å². The summed E-state index contributed by atoms with van der Waals surface area (Å²) in [4.78, 5) is 14.3. The number of aromatic nitrogens is 2. The van der Waals surface area contributed by atoms with Crippen molar-refractivity contribution in [2.24, 2.45) is 10.9 Å². The van der Waals surface area contributed by atoms with Crippen LogP contribution >= 0.6 is 0 Å². The number of nitrogens with two attached hydrogens (primary N) is 1. The molecule has 0 spiro atoms. The van der Waals surface area contributed by atoms with Crippen molar-refractivity contribution in [2.75, 3.05) is 0 Å². The predicted octanol–water partition coefficient (Wildman–Crippen LogP) is 1.18. The predicted molar refractivity (Wildman–Crippen MR) is 67.5 cm³/mol. The molecule has 0 radical (unpaired) electrons. The molecule has 3 N–H and O–H groups in total. The number of oxime groups is 1. The molecule has 0 aliphatic carbocycles. The van der Waals surface area contributed by atoms with Crippen LogP contribution in [0.3, 0.4) is 0 Å². The van der Waals surface area contributed by atoms with Gasteiger partial charge >= 0.3 is 0 Å². The highest BCUT2D eigenvalue weighted by atomic mass is 16.6. The SMILES string of the molecule is Cc1nccn1-c1ccc([N+](=O)[O-])cc1C(N)=NO. The Kier molecular flexibility index (Phi) is 3.15. The van der Waals surface area contributed by atoms with Crippen LogP contribution in [0.2, 0.25) is 0 Å². The molecule has 8 nitrogen and oxygen atoms in total. The summed E-state index contributed by atoms with van der Waals surface area (Å²) in [6.45, 7) is 1.78. The maximum absolute atomic E-state index is 10.8. The molecule has 0 aliphatic heterocycles. The first kappa shape index (κ1) is 12.6. The minimum absolute atomic E-state index is 0.136. The number of hydrogen-bond acceptors (Lipinski definition) is 5. The van der Waals surface area contributed by atoms with Crippen LogP contribution in [0.4, 0.5) is 5.69 Å². The van der Waals surface area contributed by atoms with Gasteiger partial charge in [0.1, 0.15) is 5.82 Å². The number of nitro benzene ring substituents is 1. The average Bonchev–Trinajstić information content (AvgIpc) is 2.83. The van der Waals surface area contributed by atoms with E-state index in [4.69, 9.17) is 10.9 Å². The van der Waals surface area contributed by atoms with Crippen LogP contribution in [-0.2, 0) is 0 Å². The van der Waals surface area contributed by atoms with Gasteiger partial charge in [0.05, 0.1) is 16.2 Å². The second-order valence-corrected chi connectivity index (χ2v) is 3.79. The van der Waals surface area contributed by atoms with Crippen molar-refractivity contribution in [1.82, 2.24) is 9.55 Å². The molecule has 0 atom stereocenters. The van der Waals surface area contributed by atoms with E-state index in [2.05, 4.69) is 10.1 Å². The summed E-state index contributed by atoms with van der Waals surface area (Å²) >= 11 is 0. The fraction of sp³-hybridized carbons (Fsp3) is 0.0909. The fourth-order valence-electron chi connectivity index (χ4n) is 1.74. The second kappa shape index (κ2) is 4.77. The van der Waals surface area contributed by atoms with Gasteiger partial charge in [0.25, 0.3) is 5.69 Å². The summed E-state index contributed by atoms with van der Waals surface area (Å²) in [5.74, 6) is 0.479. The molecule has 2 aromatic rings. The molecule has 98 valence electrons. The smallest absolute Gasteiger partial charge is 0.270 e. The lowest BCUT2D eigenvalue weighted by Crippen LogP contribution is -2.17. The summed E-state index contributed by atoms with van der Waals surface area (Å²) < 4.78 is 1.69. The molecule has 0 amide bonds. The van der Waals surface area contributed by atoms with Gasteiger partial charge in [-0.1, -0.05) is 5.16 Å². The zero-order valence-electron chi connectivity index (χ0n) is 10.0. The highest BCUT2D eigenvalue weighted by molar-refractivity contribution is 6.01. The van der Waals surface area contributed by atoms with E-state index >= 15 is 0 Å². The first-order valence-electron chi connectivity index (χ1n) is 5.31. The summed E-state index contributed by atoms with van der Waals surface area (Å²) in [6, 6.07) is 4.13. The monoisotopic (exact) mass is 261 g/mol. The number of nitro groups is 1. The molecular formula is C11H11N5O3. The fourth-order valence-corrected chi connectivity index (χ4v) is 1.74. The molecule has 0 saturated carbocycles. The zero-order chi connectivity index (χ0) is 14.0. The van der Waals surface area contributed by atoms with E-state index in [-0.39, 0.29) is 17.1 Å². The van der Waals surface area contributed by atoms with Crippen LogP contribution in [-0.4, -0.2) is 25.5 Å². The van der Waals surface area contributed by atoms with Crippen LogP contribution in [0.1, 0.15) is 11.4 Å². The Morgan fingerprint density at radius 2 is 2.32 bits per heavy atom. The van der Waals surface area contributed by atoms with E-state index in [0.717, 1.165) is 0 Å². The van der Waals surface area contributed by atoms with Gasteiger partial charge in [0.15, 0.2) is 5.84 Å². The highest BCUT2D eigenvalue weighted by Crippen LogP contribution is 2.22. The van der Waals surface area contributed by atoms with Crippen LogP contribution < -0.4 is 5.73 Å². The van der Waals surface area contributed by atoms with Crippen LogP contribution in [0.5, 0.6) is 0 Å². The third kappa shape index (κ3) is 2.23. The van der Waals surface area contributed by atoms with E-state index in [0.29, 0.717) is 11.5 Å². The Labute approximate surface area is 107 Å². The van der Waals surface area contributed by atoms with Gasteiger partial charge in [0.2, 0.25) is 0 Å². The minimum Gasteiger partial charge on any atom is -0.409 e. The van der Waals surface area contributed by atoms with Gasteiger partial charge in [-0.05, 0) is 13.0 Å². The van der Waals surface area contributed by atoms with Gasteiger partial charge in [-0.2, -0.15) is 0 Å². The van der Waals surface area contributed by atoms with Gasteiger partial charge in [-0.15, -0.1) is 0 Å². The molecule has 19 heavy (non-hydrogen) atoms. The van der Waals surface area contributed by atoms with E-state index < -0.39 is 4.92 Å². The number of hydrogen-bond donors (Lipinski definition) is 2. The Bertz CT molecular complexity index is 662. The Hall–Kier alpha value is -2.90. The first-order chi connectivity index (χ1) is 9.04. The van der Waals surface area contributed by atoms with E-state index in [9.17, 15) is 10.1 Å². The molecule has 2 rings (SSSR count). The third-order valence-corrected chi connectivity index (χ3v) is 2.66. The molecular weight excluding hydrogens is 250 g/mol. The maximum Gasteiger partial charge on any atom is 0.270 e. The molecule has 0 fully saturated rings. The van der Waals surface area contributed by atoms with Crippen molar-refractivity contribution in [3.63, 3.8) is 0 Å². The standard InChI is InChI=1S/C11H11N5O3/c1-7-13-4-5-15(7)10-3-2-8(16(18)19)6-9(10)11(12)14-17/h2-6,17H,1H3,(H2,12,14). The Morgan fingerprint density at radius 1 is 1.58 bits per heavy atom. The summed E-state index contributed by atoms with van der Waals surface area (Å²) in [6.07, 6.45) is 3.28. The van der Waals surface area contributed by atoms with Crippen LogP contribution in [0.25, 0.3) is 5.69 Å². The zero-order valence-corrected chi connectivity index (χ0v) is 10.0. The molecule has 0 aliphatic rings. The Morgan fingerprint density at radius 3 is 2.84 bits per heavy atom. The van der Waals surface area contributed by atoms with Gasteiger partial charge in [-0.25, -0.2) is 4.98 Å². The number of non-ortho nitro benzene ring substituents is 1. The lowest BCUT2D eigenvalue weighted by atomic mass is 10.1. The lowest BCUT2D eigenvalue weighted by Gasteiger charge is -2.10. The molecule has 0 saturated heterocycles. The van der Waals surface area contributed by atoms with Crippen molar-refractivity contribution in [2.45, 2.75) is 6.92 Å².